The molecule has 4 rings (SSSR count). The quantitative estimate of drug-likeness (QED) is 0.814. The van der Waals surface area contributed by atoms with Gasteiger partial charge in [0.1, 0.15) is 0 Å². The summed E-state index contributed by atoms with van der Waals surface area (Å²) in [7, 11) is 0. The maximum absolute atomic E-state index is 12.7. The molecule has 0 aromatic heterocycles. The van der Waals surface area contributed by atoms with E-state index < -0.39 is 0 Å². The molecule has 1 aromatic rings. The number of nitrogens with one attached hydrogen (secondary N) is 2. The lowest BCUT2D eigenvalue weighted by Gasteiger charge is -2.39. The zero-order chi connectivity index (χ0) is 19.3. The first kappa shape index (κ1) is 19.2. The molecule has 3 aliphatic rings. The van der Waals surface area contributed by atoms with E-state index in [0.29, 0.717) is 12.6 Å². The van der Waals surface area contributed by atoms with E-state index in [1.165, 1.54) is 18.5 Å². The summed E-state index contributed by atoms with van der Waals surface area (Å²) in [6, 6.07) is 10.8. The number of nitrogens with zero attached hydrogens (tertiary/aromatic N) is 2. The minimum absolute atomic E-state index is 0.0169. The van der Waals surface area contributed by atoms with Crippen LogP contribution in [0.2, 0.25) is 0 Å². The Labute approximate surface area is 167 Å². The van der Waals surface area contributed by atoms with Crippen molar-refractivity contribution in [3.05, 3.63) is 30.3 Å². The average Bonchev–Trinajstić information content (AvgIpc) is 3.25. The predicted molar refractivity (Wildman–Crippen MR) is 110 cm³/mol. The van der Waals surface area contributed by atoms with Gasteiger partial charge in [-0.25, -0.2) is 0 Å². The summed E-state index contributed by atoms with van der Waals surface area (Å²) in [5.74, 6) is 0.0374. The van der Waals surface area contributed by atoms with Gasteiger partial charge in [0.15, 0.2) is 0 Å². The van der Waals surface area contributed by atoms with Crippen molar-refractivity contribution >= 4 is 17.5 Å². The second kappa shape index (κ2) is 8.95. The SMILES string of the molecule is O=C(C[C@H]1C(=O)NCCN1C1CCCC1)NC1CCN(c2ccccc2)CC1. The highest BCUT2D eigenvalue weighted by molar-refractivity contribution is 5.89. The normalized spacial score (nSPS) is 24.9. The van der Waals surface area contributed by atoms with Gasteiger partial charge in [-0.15, -0.1) is 0 Å². The van der Waals surface area contributed by atoms with Crippen LogP contribution >= 0.6 is 0 Å². The van der Waals surface area contributed by atoms with Crippen LogP contribution < -0.4 is 15.5 Å². The van der Waals surface area contributed by atoms with Crippen molar-refractivity contribution in [2.75, 3.05) is 31.1 Å². The van der Waals surface area contributed by atoms with Gasteiger partial charge in [-0.3, -0.25) is 14.5 Å². The van der Waals surface area contributed by atoms with Crippen LogP contribution in [-0.4, -0.2) is 61.0 Å². The van der Waals surface area contributed by atoms with E-state index in [2.05, 4.69) is 44.7 Å². The number of carbonyl (C=O) groups excluding carboxylic acids is 2. The third-order valence-corrected chi connectivity index (χ3v) is 6.53. The number of carbonyl (C=O) groups is 2. The first-order valence-corrected chi connectivity index (χ1v) is 10.8. The Morgan fingerprint density at radius 3 is 2.46 bits per heavy atom. The number of benzene rings is 1. The van der Waals surface area contributed by atoms with Gasteiger partial charge in [0.2, 0.25) is 11.8 Å². The molecule has 0 spiro atoms. The highest BCUT2D eigenvalue weighted by Crippen LogP contribution is 2.27. The molecule has 2 heterocycles. The van der Waals surface area contributed by atoms with Crippen molar-refractivity contribution in [3.8, 4) is 0 Å². The summed E-state index contributed by atoms with van der Waals surface area (Å²) in [6.07, 6.45) is 6.96. The summed E-state index contributed by atoms with van der Waals surface area (Å²) in [5, 5.41) is 6.15. The van der Waals surface area contributed by atoms with Crippen molar-refractivity contribution in [3.63, 3.8) is 0 Å². The summed E-state index contributed by atoms with van der Waals surface area (Å²) >= 11 is 0. The van der Waals surface area contributed by atoms with Crippen molar-refractivity contribution in [2.45, 2.75) is 63.1 Å². The first-order chi connectivity index (χ1) is 13.7. The Morgan fingerprint density at radius 1 is 1.04 bits per heavy atom. The van der Waals surface area contributed by atoms with E-state index in [1.54, 1.807) is 0 Å². The van der Waals surface area contributed by atoms with Crippen molar-refractivity contribution in [1.29, 1.82) is 0 Å². The average molecular weight is 385 g/mol. The molecule has 1 aromatic carbocycles. The maximum Gasteiger partial charge on any atom is 0.237 e. The van der Waals surface area contributed by atoms with E-state index in [9.17, 15) is 9.59 Å². The second-order valence-corrected chi connectivity index (χ2v) is 8.35. The fraction of sp³-hybridized carbons (Fsp3) is 0.636. The van der Waals surface area contributed by atoms with Crippen molar-refractivity contribution in [2.24, 2.45) is 0 Å². The highest BCUT2D eigenvalue weighted by Gasteiger charge is 2.37. The molecule has 152 valence electrons. The Morgan fingerprint density at radius 2 is 1.75 bits per heavy atom. The lowest BCUT2D eigenvalue weighted by Crippen LogP contribution is -2.59. The van der Waals surface area contributed by atoms with Gasteiger partial charge >= 0.3 is 0 Å². The number of amides is 2. The molecular weight excluding hydrogens is 352 g/mol. The molecule has 28 heavy (non-hydrogen) atoms. The maximum atomic E-state index is 12.7. The van der Waals surface area contributed by atoms with E-state index in [4.69, 9.17) is 0 Å². The van der Waals surface area contributed by atoms with E-state index in [1.807, 2.05) is 6.07 Å². The van der Waals surface area contributed by atoms with Crippen LogP contribution in [0.1, 0.15) is 44.9 Å². The Bertz CT molecular complexity index is 666. The Hall–Kier alpha value is -2.08. The minimum Gasteiger partial charge on any atom is -0.371 e. The smallest absolute Gasteiger partial charge is 0.237 e. The number of piperazine rings is 1. The van der Waals surface area contributed by atoms with Crippen molar-refractivity contribution in [1.82, 2.24) is 15.5 Å². The molecule has 0 unspecified atom stereocenters. The lowest BCUT2D eigenvalue weighted by molar-refractivity contribution is -0.135. The van der Waals surface area contributed by atoms with Gasteiger partial charge in [-0.1, -0.05) is 31.0 Å². The van der Waals surface area contributed by atoms with E-state index in [-0.39, 0.29) is 30.3 Å². The van der Waals surface area contributed by atoms with Gasteiger partial charge in [-0.2, -0.15) is 0 Å². The number of anilines is 1. The Balaban J connectivity index is 1.28. The molecule has 2 aliphatic heterocycles. The second-order valence-electron chi connectivity index (χ2n) is 8.35. The van der Waals surface area contributed by atoms with Gasteiger partial charge < -0.3 is 15.5 Å². The molecule has 1 aliphatic carbocycles. The van der Waals surface area contributed by atoms with E-state index in [0.717, 1.165) is 45.3 Å². The van der Waals surface area contributed by atoms with Crippen LogP contribution in [0.4, 0.5) is 5.69 Å². The topological polar surface area (TPSA) is 64.7 Å². The summed E-state index contributed by atoms with van der Waals surface area (Å²) < 4.78 is 0. The standard InChI is InChI=1S/C22H32N4O2/c27-21(16-20-22(28)23-12-15-26(20)19-8-4-5-9-19)24-17-10-13-25(14-11-17)18-6-2-1-3-7-18/h1-3,6-7,17,19-20H,4-5,8-16H2,(H,23,28)(H,24,27)/t20-/m0/s1. The van der Waals surface area contributed by atoms with Crippen LogP contribution in [0.25, 0.3) is 0 Å². The van der Waals surface area contributed by atoms with Gasteiger partial charge in [0.05, 0.1) is 12.5 Å². The summed E-state index contributed by atoms with van der Waals surface area (Å²) in [6.45, 7) is 3.47. The number of hydrogen-bond donors (Lipinski definition) is 2. The molecule has 3 fully saturated rings. The Kier molecular flexibility index (Phi) is 6.15. The molecule has 6 nitrogen and oxygen atoms in total. The fourth-order valence-electron chi connectivity index (χ4n) is 5.00. The third kappa shape index (κ3) is 4.49. The van der Waals surface area contributed by atoms with Crippen LogP contribution in [0, 0.1) is 0 Å². The zero-order valence-corrected chi connectivity index (χ0v) is 16.6. The largest absolute Gasteiger partial charge is 0.371 e. The van der Waals surface area contributed by atoms with Crippen LogP contribution in [0.3, 0.4) is 0 Å². The molecule has 1 saturated carbocycles. The van der Waals surface area contributed by atoms with Gasteiger partial charge in [0.25, 0.3) is 0 Å². The molecule has 6 heteroatoms. The molecular formula is C22H32N4O2. The van der Waals surface area contributed by atoms with Crippen LogP contribution in [-0.2, 0) is 9.59 Å². The van der Waals surface area contributed by atoms with Gasteiger partial charge in [0, 0.05) is 44.0 Å². The molecule has 0 radical (unpaired) electrons. The van der Waals surface area contributed by atoms with Crippen molar-refractivity contribution < 1.29 is 9.59 Å². The number of hydrogen-bond acceptors (Lipinski definition) is 4. The molecule has 0 bridgehead atoms. The minimum atomic E-state index is -0.304. The summed E-state index contributed by atoms with van der Waals surface area (Å²) in [4.78, 5) is 29.8. The molecule has 2 saturated heterocycles. The third-order valence-electron chi connectivity index (χ3n) is 6.53. The number of piperidine rings is 1. The zero-order valence-electron chi connectivity index (χ0n) is 16.6. The van der Waals surface area contributed by atoms with Crippen LogP contribution in [0.15, 0.2) is 30.3 Å². The number of rotatable bonds is 5. The number of para-hydroxylation sites is 1. The first-order valence-electron chi connectivity index (χ1n) is 10.8. The highest BCUT2D eigenvalue weighted by atomic mass is 16.2. The monoisotopic (exact) mass is 384 g/mol. The van der Waals surface area contributed by atoms with Gasteiger partial charge in [-0.05, 0) is 37.8 Å². The molecule has 2 N–H and O–H groups in total. The molecule has 2 amide bonds. The summed E-state index contributed by atoms with van der Waals surface area (Å²) in [5.41, 5.74) is 1.25. The lowest BCUT2D eigenvalue weighted by atomic mass is 10.0. The van der Waals surface area contributed by atoms with Crippen LogP contribution in [0.5, 0.6) is 0 Å². The molecule has 1 atom stereocenters. The van der Waals surface area contributed by atoms with E-state index >= 15 is 0 Å². The predicted octanol–water partition coefficient (Wildman–Crippen LogP) is 1.90. The fourth-order valence-corrected chi connectivity index (χ4v) is 5.00.